The van der Waals surface area contributed by atoms with Gasteiger partial charge in [-0.15, -0.1) is 0 Å². The van der Waals surface area contributed by atoms with Gasteiger partial charge in [0.2, 0.25) is 0 Å². The highest BCUT2D eigenvalue weighted by Gasteiger charge is 2.60. The van der Waals surface area contributed by atoms with Gasteiger partial charge >= 0.3 is 12.1 Å². The van der Waals surface area contributed by atoms with E-state index in [2.05, 4.69) is 24.3 Å². The van der Waals surface area contributed by atoms with Crippen LogP contribution in [0.15, 0.2) is 5.16 Å². The maximum Gasteiger partial charge on any atom is 0.435 e. The van der Waals surface area contributed by atoms with E-state index in [0.717, 1.165) is 43.2 Å². The molecule has 8 heteroatoms. The number of ether oxygens (including phenoxy) is 1. The summed E-state index contributed by atoms with van der Waals surface area (Å²) < 4.78 is 5.32. The molecule has 0 spiro atoms. The summed E-state index contributed by atoms with van der Waals surface area (Å²) in [6.45, 7) is 11.2. The summed E-state index contributed by atoms with van der Waals surface area (Å²) >= 11 is 0. The highest BCUT2D eigenvalue weighted by atomic mass is 16.7. The Morgan fingerprint density at radius 2 is 1.73 bits per heavy atom. The Hall–Kier alpha value is -1.67. The number of carbonyl (C=O) groups excluding carboxylic acids is 2. The molecule has 40 heavy (non-hydrogen) atoms. The fourth-order valence-corrected chi connectivity index (χ4v) is 10.0. The number of amides is 1. The van der Waals surface area contributed by atoms with Crippen molar-refractivity contribution in [1.29, 1.82) is 0 Å². The fourth-order valence-electron chi connectivity index (χ4n) is 10.0. The molecule has 0 aromatic rings. The zero-order valence-corrected chi connectivity index (χ0v) is 25.7. The number of nitrogens with zero attached hydrogens (tertiary/aromatic N) is 2. The number of oxime groups is 1. The van der Waals surface area contributed by atoms with E-state index in [1.165, 1.54) is 38.5 Å². The van der Waals surface area contributed by atoms with Gasteiger partial charge in [0.05, 0.1) is 17.9 Å². The normalized spacial score (nSPS) is 43.0. The number of fused-ring (bicyclic) bond motifs is 5. The van der Waals surface area contributed by atoms with Crippen LogP contribution in [0.5, 0.6) is 0 Å². The van der Waals surface area contributed by atoms with E-state index in [4.69, 9.17) is 9.57 Å². The van der Waals surface area contributed by atoms with Gasteiger partial charge in [0.15, 0.2) is 0 Å². The third kappa shape index (κ3) is 5.56. The standard InChI is InChI=1S/C32H53N3O5/c1-19(2)39-29(37)28-12-8-22(33-28)18-35(6)30(38)40-34-20(3)25-10-11-26-24-9-7-21-17-23(36)13-15-31(21,4)27(24)14-16-32(25,26)5/h19,21-28,33,36H,7-18H2,1-6H3/b34-20+/t21-,22?,23-,24+,25-,26+,27+,28?,31+,32-/m1/s1. The van der Waals surface area contributed by atoms with Crippen molar-refractivity contribution in [2.75, 3.05) is 13.6 Å². The molecule has 2 N–H and O–H groups in total. The first-order valence-electron chi connectivity index (χ1n) is 16.0. The van der Waals surface area contributed by atoms with E-state index < -0.39 is 6.09 Å². The molecule has 1 saturated heterocycles. The van der Waals surface area contributed by atoms with E-state index in [9.17, 15) is 14.7 Å². The monoisotopic (exact) mass is 559 g/mol. The molecule has 226 valence electrons. The molecule has 5 aliphatic rings. The van der Waals surface area contributed by atoms with Crippen LogP contribution in [0.2, 0.25) is 0 Å². The Morgan fingerprint density at radius 3 is 2.48 bits per heavy atom. The van der Waals surface area contributed by atoms with E-state index in [1.54, 1.807) is 11.9 Å². The van der Waals surface area contributed by atoms with Crippen LogP contribution in [0.4, 0.5) is 4.79 Å². The Morgan fingerprint density at radius 1 is 1.00 bits per heavy atom. The molecule has 1 aliphatic heterocycles. The number of esters is 1. The Labute approximate surface area is 241 Å². The van der Waals surface area contributed by atoms with Crippen molar-refractivity contribution in [2.24, 2.45) is 45.6 Å². The molecule has 0 aromatic heterocycles. The molecular formula is C32H53N3O5. The second-order valence-corrected chi connectivity index (χ2v) is 14.7. The first-order chi connectivity index (χ1) is 18.9. The molecule has 10 atom stereocenters. The lowest BCUT2D eigenvalue weighted by Gasteiger charge is -2.61. The van der Waals surface area contributed by atoms with Crippen LogP contribution in [0, 0.1) is 40.4 Å². The van der Waals surface area contributed by atoms with Crippen LogP contribution in [-0.2, 0) is 14.4 Å². The molecule has 8 nitrogen and oxygen atoms in total. The second kappa shape index (κ2) is 11.5. The van der Waals surface area contributed by atoms with Gasteiger partial charge in [-0.25, -0.2) is 4.79 Å². The minimum absolute atomic E-state index is 0.0291. The Kier molecular flexibility index (Phi) is 8.60. The van der Waals surface area contributed by atoms with Crippen molar-refractivity contribution in [3.05, 3.63) is 0 Å². The van der Waals surface area contributed by atoms with Gasteiger partial charge in [0.25, 0.3) is 0 Å². The highest BCUT2D eigenvalue weighted by Crippen LogP contribution is 2.67. The van der Waals surface area contributed by atoms with Gasteiger partial charge in [-0.2, -0.15) is 0 Å². The van der Waals surface area contributed by atoms with Crippen LogP contribution in [0.3, 0.4) is 0 Å². The van der Waals surface area contributed by atoms with Crippen molar-refractivity contribution < 1.29 is 24.3 Å². The second-order valence-electron chi connectivity index (χ2n) is 14.7. The molecule has 1 heterocycles. The largest absolute Gasteiger partial charge is 0.462 e. The molecule has 0 bridgehead atoms. The van der Waals surface area contributed by atoms with Gasteiger partial charge in [-0.3, -0.25) is 14.9 Å². The summed E-state index contributed by atoms with van der Waals surface area (Å²) in [5.74, 6) is 3.04. The van der Waals surface area contributed by atoms with Crippen molar-refractivity contribution in [3.8, 4) is 0 Å². The van der Waals surface area contributed by atoms with Crippen LogP contribution in [-0.4, -0.2) is 65.7 Å². The van der Waals surface area contributed by atoms with Gasteiger partial charge in [-0.1, -0.05) is 19.0 Å². The van der Waals surface area contributed by atoms with Crippen molar-refractivity contribution in [3.63, 3.8) is 0 Å². The maximum absolute atomic E-state index is 12.8. The molecule has 5 rings (SSSR count). The molecule has 0 aromatic carbocycles. The quantitative estimate of drug-likeness (QED) is 0.192. The number of aliphatic hydroxyl groups excluding tert-OH is 1. The summed E-state index contributed by atoms with van der Waals surface area (Å²) in [5, 5.41) is 18.0. The number of nitrogens with one attached hydrogen (secondary N) is 1. The van der Waals surface area contributed by atoms with Crippen molar-refractivity contribution >= 4 is 17.8 Å². The van der Waals surface area contributed by atoms with Crippen LogP contribution < -0.4 is 5.32 Å². The average Bonchev–Trinajstić information content (AvgIpc) is 3.51. The number of hydrogen-bond donors (Lipinski definition) is 2. The topological polar surface area (TPSA) is 100 Å². The lowest BCUT2D eigenvalue weighted by atomic mass is 9.44. The SMILES string of the molecule is C/C(=N\OC(=O)N(C)CC1CCC(C(=O)OC(C)C)N1)[C@H]1CC[C@H]2[C@@H]3CC[C@@H]4C[C@H](O)CC[C@]4(C)[C@H]3CC[C@]12C. The lowest BCUT2D eigenvalue weighted by Crippen LogP contribution is -2.54. The summed E-state index contributed by atoms with van der Waals surface area (Å²) in [4.78, 5) is 32.0. The third-order valence-corrected chi connectivity index (χ3v) is 12.1. The van der Waals surface area contributed by atoms with Crippen LogP contribution in [0.1, 0.15) is 105 Å². The van der Waals surface area contributed by atoms with Crippen molar-refractivity contribution in [1.82, 2.24) is 10.2 Å². The van der Waals surface area contributed by atoms with Gasteiger partial charge in [-0.05, 0) is 126 Å². The van der Waals surface area contributed by atoms with Crippen molar-refractivity contribution in [2.45, 2.75) is 130 Å². The maximum atomic E-state index is 12.8. The smallest absolute Gasteiger partial charge is 0.435 e. The number of carbonyl (C=O) groups is 2. The highest BCUT2D eigenvalue weighted by molar-refractivity contribution is 5.85. The average molecular weight is 560 g/mol. The van der Waals surface area contributed by atoms with E-state index >= 15 is 0 Å². The zero-order valence-electron chi connectivity index (χ0n) is 25.7. The minimum Gasteiger partial charge on any atom is -0.462 e. The van der Waals surface area contributed by atoms with Gasteiger partial charge in [0.1, 0.15) is 6.04 Å². The van der Waals surface area contributed by atoms with E-state index in [1.807, 2.05) is 20.8 Å². The first-order valence-corrected chi connectivity index (χ1v) is 16.0. The first kappa shape index (κ1) is 29.8. The number of hydrogen-bond acceptors (Lipinski definition) is 7. The lowest BCUT2D eigenvalue weighted by molar-refractivity contribution is -0.149. The number of rotatable bonds is 6. The molecule has 2 unspecified atom stereocenters. The summed E-state index contributed by atoms with van der Waals surface area (Å²) in [5.41, 5.74) is 1.53. The van der Waals surface area contributed by atoms with E-state index in [-0.39, 0.29) is 35.7 Å². The summed E-state index contributed by atoms with van der Waals surface area (Å²) in [6, 6.07) is -0.285. The zero-order chi connectivity index (χ0) is 28.8. The molecule has 1 amide bonds. The predicted octanol–water partition coefficient (Wildman–Crippen LogP) is 5.52. The predicted molar refractivity (Wildman–Crippen MR) is 155 cm³/mol. The Bertz CT molecular complexity index is 986. The molecule has 4 saturated carbocycles. The molecule has 4 aliphatic carbocycles. The van der Waals surface area contributed by atoms with E-state index in [0.29, 0.717) is 36.1 Å². The Balaban J connectivity index is 1.15. The fraction of sp³-hybridized carbons (Fsp3) is 0.906. The summed E-state index contributed by atoms with van der Waals surface area (Å²) in [6.07, 6.45) is 11.4. The van der Waals surface area contributed by atoms with Crippen LogP contribution >= 0.6 is 0 Å². The molecular weight excluding hydrogens is 506 g/mol. The summed E-state index contributed by atoms with van der Waals surface area (Å²) in [7, 11) is 1.73. The third-order valence-electron chi connectivity index (χ3n) is 12.1. The molecule has 0 radical (unpaired) electrons. The minimum atomic E-state index is -0.455. The van der Waals surface area contributed by atoms with Crippen LogP contribution in [0.25, 0.3) is 0 Å². The van der Waals surface area contributed by atoms with Gasteiger partial charge in [0, 0.05) is 25.6 Å². The van der Waals surface area contributed by atoms with Gasteiger partial charge < -0.3 is 14.7 Å². The molecule has 5 fully saturated rings. The number of aliphatic hydroxyl groups is 1. The number of likely N-dealkylation sites (N-methyl/N-ethyl adjacent to an activating group) is 1.